The summed E-state index contributed by atoms with van der Waals surface area (Å²) in [5.74, 6) is -2.31. The Labute approximate surface area is 127 Å². The summed E-state index contributed by atoms with van der Waals surface area (Å²) in [6, 6.07) is 0.702. The Morgan fingerprint density at radius 2 is 2.05 bits per heavy atom. The second kappa shape index (κ2) is 7.57. The van der Waals surface area contributed by atoms with E-state index >= 15 is 0 Å². The molecule has 0 aliphatic heterocycles. The summed E-state index contributed by atoms with van der Waals surface area (Å²) in [6.07, 6.45) is -8.87. The van der Waals surface area contributed by atoms with E-state index in [9.17, 15) is 26.7 Å². The van der Waals surface area contributed by atoms with Gasteiger partial charge in [-0.25, -0.2) is 13.8 Å². The van der Waals surface area contributed by atoms with E-state index in [1.54, 1.807) is 0 Å². The number of rotatable bonds is 6. The van der Waals surface area contributed by atoms with Gasteiger partial charge in [0.1, 0.15) is 5.69 Å². The molecule has 0 aliphatic carbocycles. The van der Waals surface area contributed by atoms with E-state index in [0.29, 0.717) is 6.07 Å². The Morgan fingerprint density at radius 3 is 2.50 bits per heavy atom. The molecule has 4 nitrogen and oxygen atoms in total. The fourth-order valence-electron chi connectivity index (χ4n) is 1.59. The Morgan fingerprint density at radius 1 is 1.41 bits per heavy atom. The van der Waals surface area contributed by atoms with Gasteiger partial charge in [0, 0.05) is 5.56 Å². The summed E-state index contributed by atoms with van der Waals surface area (Å²) < 4.78 is 71.1. The number of carbonyl (C=O) groups excluding carboxylic acids is 1. The van der Waals surface area contributed by atoms with Crippen LogP contribution < -0.4 is 4.74 Å². The molecule has 0 N–H and O–H groups in total. The standard InChI is InChI=1S/C12H11ClF5NO3/c1-2-21-9(20)4-7-10(22-12(16,17)18)6(5-13)3-8(19-7)11(14)15/h3,11H,2,4-5H2,1H3. The maximum Gasteiger partial charge on any atom is 0.573 e. The van der Waals surface area contributed by atoms with E-state index in [0.717, 1.165) is 0 Å². The minimum Gasteiger partial charge on any atom is -0.466 e. The zero-order valence-electron chi connectivity index (χ0n) is 11.2. The van der Waals surface area contributed by atoms with Crippen LogP contribution in [0.4, 0.5) is 22.0 Å². The molecular formula is C12H11ClF5NO3. The molecule has 10 heteroatoms. The highest BCUT2D eigenvalue weighted by molar-refractivity contribution is 6.17. The van der Waals surface area contributed by atoms with E-state index < -0.39 is 48.2 Å². The average molecular weight is 348 g/mol. The summed E-state index contributed by atoms with van der Waals surface area (Å²) in [6.45, 7) is 1.46. The first-order valence-corrected chi connectivity index (χ1v) is 6.49. The highest BCUT2D eigenvalue weighted by Gasteiger charge is 2.34. The van der Waals surface area contributed by atoms with Crippen LogP contribution in [0.1, 0.15) is 30.3 Å². The molecule has 1 rings (SSSR count). The van der Waals surface area contributed by atoms with Crippen LogP contribution in [-0.2, 0) is 21.8 Å². The number of alkyl halides is 6. The van der Waals surface area contributed by atoms with Crippen molar-refractivity contribution < 1.29 is 36.2 Å². The van der Waals surface area contributed by atoms with Crippen molar-refractivity contribution in [2.75, 3.05) is 6.61 Å². The van der Waals surface area contributed by atoms with E-state index in [1.807, 2.05) is 0 Å². The normalized spacial score (nSPS) is 11.6. The van der Waals surface area contributed by atoms with Crippen molar-refractivity contribution in [2.24, 2.45) is 0 Å². The molecule has 22 heavy (non-hydrogen) atoms. The monoisotopic (exact) mass is 347 g/mol. The molecule has 0 aliphatic rings. The summed E-state index contributed by atoms with van der Waals surface area (Å²) in [5, 5.41) is 0. The van der Waals surface area contributed by atoms with Gasteiger partial charge in [-0.1, -0.05) is 0 Å². The maximum absolute atomic E-state index is 12.7. The summed E-state index contributed by atoms with van der Waals surface area (Å²) >= 11 is 5.47. The van der Waals surface area contributed by atoms with Gasteiger partial charge in [-0.15, -0.1) is 24.8 Å². The van der Waals surface area contributed by atoms with Crippen LogP contribution in [-0.4, -0.2) is 23.9 Å². The van der Waals surface area contributed by atoms with Gasteiger partial charge in [0.25, 0.3) is 6.43 Å². The fourth-order valence-corrected chi connectivity index (χ4v) is 1.79. The minimum absolute atomic E-state index is 0.0226. The van der Waals surface area contributed by atoms with E-state index in [4.69, 9.17) is 11.6 Å². The Kier molecular flexibility index (Phi) is 6.34. The third-order valence-electron chi connectivity index (χ3n) is 2.34. The number of carbonyl (C=O) groups is 1. The number of hydrogen-bond acceptors (Lipinski definition) is 4. The molecule has 0 aromatic carbocycles. The van der Waals surface area contributed by atoms with Crippen molar-refractivity contribution in [3.05, 3.63) is 23.0 Å². The predicted molar refractivity (Wildman–Crippen MR) is 65.8 cm³/mol. The topological polar surface area (TPSA) is 48.4 Å². The first-order valence-electron chi connectivity index (χ1n) is 5.96. The smallest absolute Gasteiger partial charge is 0.466 e. The Balaban J connectivity index is 3.32. The number of pyridine rings is 1. The number of nitrogens with zero attached hydrogens (tertiary/aromatic N) is 1. The molecule has 0 amide bonds. The molecule has 0 spiro atoms. The van der Waals surface area contributed by atoms with Gasteiger partial charge < -0.3 is 9.47 Å². The average Bonchev–Trinajstić information content (AvgIpc) is 2.38. The van der Waals surface area contributed by atoms with Crippen molar-refractivity contribution >= 4 is 17.6 Å². The van der Waals surface area contributed by atoms with Crippen LogP contribution >= 0.6 is 11.6 Å². The predicted octanol–water partition coefficient (Wildman–Crippen LogP) is 3.76. The lowest BCUT2D eigenvalue weighted by Gasteiger charge is -2.16. The van der Waals surface area contributed by atoms with Crippen LogP contribution in [0, 0.1) is 0 Å². The van der Waals surface area contributed by atoms with Gasteiger partial charge in [0.15, 0.2) is 5.75 Å². The third kappa shape index (κ3) is 5.28. The van der Waals surface area contributed by atoms with Crippen molar-refractivity contribution in [1.82, 2.24) is 4.98 Å². The largest absolute Gasteiger partial charge is 0.573 e. The molecule has 1 heterocycles. The van der Waals surface area contributed by atoms with Crippen molar-refractivity contribution in [1.29, 1.82) is 0 Å². The van der Waals surface area contributed by atoms with Crippen molar-refractivity contribution in [2.45, 2.75) is 32.0 Å². The Bertz CT molecular complexity index is 536. The zero-order chi connectivity index (χ0) is 16.9. The first-order chi connectivity index (χ1) is 10.2. The van der Waals surface area contributed by atoms with Gasteiger partial charge in [0.2, 0.25) is 0 Å². The molecule has 1 aromatic rings. The lowest BCUT2D eigenvalue weighted by atomic mass is 10.1. The van der Waals surface area contributed by atoms with Crippen LogP contribution in [0.3, 0.4) is 0 Å². The summed E-state index contributed by atoms with van der Waals surface area (Å²) in [5.41, 5.74) is -1.75. The zero-order valence-corrected chi connectivity index (χ0v) is 12.0. The first kappa shape index (κ1) is 18.4. The molecule has 0 saturated heterocycles. The van der Waals surface area contributed by atoms with Crippen molar-refractivity contribution in [3.63, 3.8) is 0 Å². The van der Waals surface area contributed by atoms with Crippen molar-refractivity contribution in [3.8, 4) is 5.75 Å². The lowest BCUT2D eigenvalue weighted by Crippen LogP contribution is -2.21. The minimum atomic E-state index is -5.09. The number of ether oxygens (including phenoxy) is 2. The number of aromatic nitrogens is 1. The van der Waals surface area contributed by atoms with Gasteiger partial charge >= 0.3 is 12.3 Å². The van der Waals surface area contributed by atoms with Gasteiger partial charge in [-0.2, -0.15) is 0 Å². The SMILES string of the molecule is CCOC(=O)Cc1nc(C(F)F)cc(CCl)c1OC(F)(F)F. The van der Waals surface area contributed by atoms with E-state index in [-0.39, 0.29) is 12.2 Å². The molecule has 0 unspecified atom stereocenters. The van der Waals surface area contributed by atoms with Crippen LogP contribution in [0.2, 0.25) is 0 Å². The summed E-state index contributed by atoms with van der Waals surface area (Å²) in [4.78, 5) is 14.7. The lowest BCUT2D eigenvalue weighted by molar-refractivity contribution is -0.275. The highest BCUT2D eigenvalue weighted by atomic mass is 35.5. The third-order valence-corrected chi connectivity index (χ3v) is 2.63. The number of esters is 1. The number of halogens is 6. The molecule has 0 saturated carbocycles. The molecule has 0 radical (unpaired) electrons. The van der Waals surface area contributed by atoms with Crippen LogP contribution in [0.15, 0.2) is 6.07 Å². The van der Waals surface area contributed by atoms with Crippen LogP contribution in [0.25, 0.3) is 0 Å². The maximum atomic E-state index is 12.7. The molecular weight excluding hydrogens is 337 g/mol. The second-order valence-corrected chi connectivity index (χ2v) is 4.21. The molecule has 1 aromatic heterocycles. The van der Waals surface area contributed by atoms with Gasteiger partial charge in [-0.3, -0.25) is 4.79 Å². The summed E-state index contributed by atoms with van der Waals surface area (Å²) in [7, 11) is 0. The van der Waals surface area contributed by atoms with Crippen LogP contribution in [0.5, 0.6) is 5.75 Å². The molecule has 124 valence electrons. The molecule has 0 fully saturated rings. The molecule has 0 atom stereocenters. The Hall–Kier alpha value is -1.64. The number of hydrogen-bond donors (Lipinski definition) is 0. The van der Waals surface area contributed by atoms with E-state index in [1.165, 1.54) is 6.92 Å². The molecule has 0 bridgehead atoms. The van der Waals surface area contributed by atoms with Gasteiger partial charge in [-0.05, 0) is 13.0 Å². The second-order valence-electron chi connectivity index (χ2n) is 3.95. The fraction of sp³-hybridized carbons (Fsp3) is 0.500. The van der Waals surface area contributed by atoms with E-state index in [2.05, 4.69) is 14.5 Å². The van der Waals surface area contributed by atoms with Gasteiger partial charge in [0.05, 0.1) is 24.6 Å². The highest BCUT2D eigenvalue weighted by Crippen LogP contribution is 2.33. The quantitative estimate of drug-likeness (QED) is 0.446.